The van der Waals surface area contributed by atoms with Crippen LogP contribution in [0.1, 0.15) is 18.4 Å². The molecule has 4 nitrogen and oxygen atoms in total. The van der Waals surface area contributed by atoms with E-state index in [9.17, 15) is 0 Å². The van der Waals surface area contributed by atoms with Crippen molar-refractivity contribution >= 4 is 5.82 Å². The van der Waals surface area contributed by atoms with Gasteiger partial charge in [0.25, 0.3) is 0 Å². The number of aryl methyl sites for hydroxylation is 1. The molecule has 0 bridgehead atoms. The van der Waals surface area contributed by atoms with Crippen molar-refractivity contribution in [1.29, 1.82) is 0 Å². The van der Waals surface area contributed by atoms with Gasteiger partial charge in [0, 0.05) is 17.8 Å². The summed E-state index contributed by atoms with van der Waals surface area (Å²) in [6.45, 7) is 2.00. The van der Waals surface area contributed by atoms with Crippen molar-refractivity contribution in [1.82, 2.24) is 9.97 Å². The van der Waals surface area contributed by atoms with Gasteiger partial charge in [-0.05, 0) is 31.9 Å². The Morgan fingerprint density at radius 3 is 2.72 bits per heavy atom. The summed E-state index contributed by atoms with van der Waals surface area (Å²) in [7, 11) is 0. The first kappa shape index (κ1) is 11.0. The molecule has 0 amide bonds. The number of anilines is 1. The van der Waals surface area contributed by atoms with Crippen molar-refractivity contribution in [3.8, 4) is 11.8 Å². The maximum atomic E-state index is 5.61. The van der Waals surface area contributed by atoms with Crippen LogP contribution in [0.25, 0.3) is 0 Å². The second-order valence-electron chi connectivity index (χ2n) is 4.52. The lowest BCUT2D eigenvalue weighted by molar-refractivity contribution is 0.442. The maximum absolute atomic E-state index is 5.61. The minimum Gasteiger partial charge on any atom is -0.424 e. The Balaban J connectivity index is 1.79. The van der Waals surface area contributed by atoms with Crippen LogP contribution in [0, 0.1) is 6.92 Å². The number of nitrogens with one attached hydrogen (secondary N) is 1. The highest BCUT2D eigenvalue weighted by Crippen LogP contribution is 2.26. The van der Waals surface area contributed by atoms with Crippen LogP contribution in [0.4, 0.5) is 5.82 Å². The molecule has 3 rings (SSSR count). The van der Waals surface area contributed by atoms with E-state index in [0.29, 0.717) is 12.1 Å². The molecule has 1 N–H and O–H groups in total. The monoisotopic (exact) mass is 241 g/mol. The highest BCUT2D eigenvalue weighted by Gasteiger charge is 2.22. The number of aromatic nitrogens is 2. The average Bonchev–Trinajstić information content (AvgIpc) is 3.19. The molecule has 1 heterocycles. The van der Waals surface area contributed by atoms with Crippen LogP contribution >= 0.6 is 0 Å². The molecule has 1 aliphatic carbocycles. The third kappa shape index (κ3) is 2.59. The molecule has 92 valence electrons. The quantitative estimate of drug-likeness (QED) is 0.893. The van der Waals surface area contributed by atoms with E-state index in [-0.39, 0.29) is 0 Å². The fraction of sp³-hybridized carbons (Fsp3) is 0.286. The molecule has 1 aliphatic rings. The molecule has 2 aromatic rings. The molecule has 0 aliphatic heterocycles. The van der Waals surface area contributed by atoms with Crippen molar-refractivity contribution in [3.05, 3.63) is 42.1 Å². The molecular formula is C14H15N3O. The van der Waals surface area contributed by atoms with Gasteiger partial charge in [0.2, 0.25) is 0 Å². The maximum Gasteiger partial charge on any atom is 0.323 e. The van der Waals surface area contributed by atoms with E-state index in [1.165, 1.54) is 12.8 Å². The van der Waals surface area contributed by atoms with Crippen molar-refractivity contribution in [2.75, 3.05) is 5.32 Å². The molecular weight excluding hydrogens is 226 g/mol. The zero-order valence-electron chi connectivity index (χ0n) is 10.3. The van der Waals surface area contributed by atoms with Crippen molar-refractivity contribution in [3.63, 3.8) is 0 Å². The first-order chi connectivity index (χ1) is 8.81. The standard InChI is InChI=1S/C14H15N3O/c1-10-9-15-14(17-13(10)16-11-7-8-11)18-12-5-3-2-4-6-12/h2-6,9,11H,7-8H2,1H3,(H,15,16,17). The molecule has 0 spiro atoms. The molecule has 0 atom stereocenters. The van der Waals surface area contributed by atoms with E-state index in [1.807, 2.05) is 37.3 Å². The van der Waals surface area contributed by atoms with Gasteiger partial charge in [0.05, 0.1) is 0 Å². The van der Waals surface area contributed by atoms with E-state index >= 15 is 0 Å². The fourth-order valence-corrected chi connectivity index (χ4v) is 1.64. The Hall–Kier alpha value is -2.10. The van der Waals surface area contributed by atoms with Gasteiger partial charge in [-0.25, -0.2) is 4.98 Å². The number of para-hydroxylation sites is 1. The minimum absolute atomic E-state index is 0.384. The summed E-state index contributed by atoms with van der Waals surface area (Å²) in [4.78, 5) is 8.59. The van der Waals surface area contributed by atoms with Gasteiger partial charge in [-0.3, -0.25) is 0 Å². The Kier molecular flexibility index (Phi) is 2.84. The second kappa shape index (κ2) is 4.64. The van der Waals surface area contributed by atoms with Gasteiger partial charge in [0.15, 0.2) is 0 Å². The van der Waals surface area contributed by atoms with E-state index in [1.54, 1.807) is 6.20 Å². The lowest BCUT2D eigenvalue weighted by Crippen LogP contribution is -2.06. The summed E-state index contributed by atoms with van der Waals surface area (Å²) < 4.78 is 5.61. The van der Waals surface area contributed by atoms with E-state index in [2.05, 4.69) is 15.3 Å². The number of nitrogens with zero attached hydrogens (tertiary/aromatic N) is 2. The zero-order chi connectivity index (χ0) is 12.4. The highest BCUT2D eigenvalue weighted by molar-refractivity contribution is 5.45. The summed E-state index contributed by atoms with van der Waals surface area (Å²) in [5.41, 5.74) is 1.04. The topological polar surface area (TPSA) is 47.0 Å². The molecule has 1 fully saturated rings. The third-order valence-corrected chi connectivity index (χ3v) is 2.82. The fourth-order valence-electron chi connectivity index (χ4n) is 1.64. The Morgan fingerprint density at radius 2 is 2.00 bits per heavy atom. The predicted octanol–water partition coefficient (Wildman–Crippen LogP) is 3.15. The molecule has 1 saturated carbocycles. The minimum atomic E-state index is 0.384. The van der Waals surface area contributed by atoms with Crippen molar-refractivity contribution in [2.45, 2.75) is 25.8 Å². The van der Waals surface area contributed by atoms with Gasteiger partial charge in [-0.2, -0.15) is 4.98 Å². The molecule has 1 aromatic carbocycles. The van der Waals surface area contributed by atoms with Crippen molar-refractivity contribution in [2.24, 2.45) is 0 Å². The largest absolute Gasteiger partial charge is 0.424 e. The molecule has 18 heavy (non-hydrogen) atoms. The number of rotatable bonds is 4. The molecule has 0 unspecified atom stereocenters. The van der Waals surface area contributed by atoms with Crippen LogP contribution in [-0.4, -0.2) is 16.0 Å². The summed E-state index contributed by atoms with van der Waals surface area (Å²) in [6.07, 6.45) is 4.23. The normalized spacial score (nSPS) is 14.3. The number of benzene rings is 1. The van der Waals surface area contributed by atoms with Crippen LogP contribution in [0.5, 0.6) is 11.8 Å². The second-order valence-corrected chi connectivity index (χ2v) is 4.52. The van der Waals surface area contributed by atoms with Crippen LogP contribution in [-0.2, 0) is 0 Å². The SMILES string of the molecule is Cc1cnc(Oc2ccccc2)nc1NC1CC1. The average molecular weight is 241 g/mol. The smallest absolute Gasteiger partial charge is 0.323 e. The van der Waals surface area contributed by atoms with E-state index < -0.39 is 0 Å². The number of hydrogen-bond donors (Lipinski definition) is 1. The predicted molar refractivity (Wildman–Crippen MR) is 69.9 cm³/mol. The summed E-state index contributed by atoms with van der Waals surface area (Å²) in [5, 5.41) is 3.38. The summed E-state index contributed by atoms with van der Waals surface area (Å²) >= 11 is 0. The summed E-state index contributed by atoms with van der Waals surface area (Å²) in [6, 6.07) is 10.5. The van der Waals surface area contributed by atoms with Gasteiger partial charge in [-0.1, -0.05) is 18.2 Å². The van der Waals surface area contributed by atoms with Crippen LogP contribution < -0.4 is 10.1 Å². The molecule has 0 radical (unpaired) electrons. The van der Waals surface area contributed by atoms with Crippen LogP contribution in [0.3, 0.4) is 0 Å². The van der Waals surface area contributed by atoms with E-state index in [0.717, 1.165) is 17.1 Å². The Labute approximate surface area is 106 Å². The highest BCUT2D eigenvalue weighted by atomic mass is 16.5. The van der Waals surface area contributed by atoms with Gasteiger partial charge < -0.3 is 10.1 Å². The van der Waals surface area contributed by atoms with Crippen LogP contribution in [0.15, 0.2) is 36.5 Å². The molecule has 1 aromatic heterocycles. The first-order valence-electron chi connectivity index (χ1n) is 6.14. The summed E-state index contributed by atoms with van der Waals surface area (Å²) in [5.74, 6) is 1.62. The van der Waals surface area contributed by atoms with Crippen LogP contribution in [0.2, 0.25) is 0 Å². The van der Waals surface area contributed by atoms with E-state index in [4.69, 9.17) is 4.74 Å². The lowest BCUT2D eigenvalue weighted by Gasteiger charge is -2.09. The third-order valence-electron chi connectivity index (χ3n) is 2.82. The molecule has 0 saturated heterocycles. The first-order valence-corrected chi connectivity index (χ1v) is 6.14. The Bertz CT molecular complexity index is 538. The number of hydrogen-bond acceptors (Lipinski definition) is 4. The van der Waals surface area contributed by atoms with Gasteiger partial charge in [-0.15, -0.1) is 0 Å². The number of ether oxygens (including phenoxy) is 1. The van der Waals surface area contributed by atoms with Gasteiger partial charge in [0.1, 0.15) is 11.6 Å². The molecule has 4 heteroatoms. The van der Waals surface area contributed by atoms with Gasteiger partial charge >= 0.3 is 6.01 Å². The lowest BCUT2D eigenvalue weighted by atomic mass is 10.3. The zero-order valence-corrected chi connectivity index (χ0v) is 10.3. The van der Waals surface area contributed by atoms with Crippen molar-refractivity contribution < 1.29 is 4.74 Å². The Morgan fingerprint density at radius 1 is 1.22 bits per heavy atom.